The summed E-state index contributed by atoms with van der Waals surface area (Å²) in [6.45, 7) is 0.0474. The zero-order valence-electron chi connectivity index (χ0n) is 12.2. The summed E-state index contributed by atoms with van der Waals surface area (Å²) in [5.41, 5.74) is 6.98. The van der Waals surface area contributed by atoms with Gasteiger partial charge in [-0.2, -0.15) is 0 Å². The standard InChI is InChI=1S/C15H12Cl2N4O2S/c16-7-1-2-8(10(17)5-7)12-9-6-11(13(23)19-3-4-22)24-14(9)21-15(18)20-12/h1-2,5-6,22H,3-4H2,(H,19,23)(H2,18,20,21). The van der Waals surface area contributed by atoms with Crippen LogP contribution in [0.3, 0.4) is 0 Å². The summed E-state index contributed by atoms with van der Waals surface area (Å²) in [5.74, 6) is -0.202. The van der Waals surface area contributed by atoms with Crippen molar-refractivity contribution in [3.05, 3.63) is 39.2 Å². The summed E-state index contributed by atoms with van der Waals surface area (Å²) in [7, 11) is 0. The fourth-order valence-corrected chi connectivity index (χ4v) is 3.65. The van der Waals surface area contributed by atoms with Crippen molar-refractivity contribution in [2.45, 2.75) is 0 Å². The largest absolute Gasteiger partial charge is 0.395 e. The van der Waals surface area contributed by atoms with Gasteiger partial charge in [0, 0.05) is 22.5 Å². The molecule has 0 saturated carbocycles. The number of carbonyl (C=O) groups excluding carboxylic acids is 1. The van der Waals surface area contributed by atoms with E-state index in [1.807, 2.05) is 0 Å². The lowest BCUT2D eigenvalue weighted by molar-refractivity contribution is 0.0949. The highest BCUT2D eigenvalue weighted by Crippen LogP contribution is 2.36. The van der Waals surface area contributed by atoms with Crippen molar-refractivity contribution in [1.82, 2.24) is 15.3 Å². The van der Waals surface area contributed by atoms with Gasteiger partial charge < -0.3 is 16.2 Å². The number of hydrogen-bond donors (Lipinski definition) is 3. The minimum absolute atomic E-state index is 0.0904. The predicted molar refractivity (Wildman–Crippen MR) is 96.7 cm³/mol. The maximum atomic E-state index is 12.1. The van der Waals surface area contributed by atoms with Crippen molar-refractivity contribution in [2.24, 2.45) is 0 Å². The molecule has 0 aliphatic rings. The van der Waals surface area contributed by atoms with E-state index >= 15 is 0 Å². The first-order chi connectivity index (χ1) is 11.5. The summed E-state index contributed by atoms with van der Waals surface area (Å²) >= 11 is 13.4. The fourth-order valence-electron chi connectivity index (χ4n) is 2.19. The number of nitrogens with two attached hydrogens (primary N) is 1. The van der Waals surface area contributed by atoms with E-state index in [1.165, 1.54) is 11.3 Å². The number of aliphatic hydroxyl groups excluding tert-OH is 1. The molecule has 3 aromatic rings. The lowest BCUT2D eigenvalue weighted by atomic mass is 10.1. The first-order valence-electron chi connectivity index (χ1n) is 6.91. The molecule has 4 N–H and O–H groups in total. The Bertz CT molecular complexity index is 929. The van der Waals surface area contributed by atoms with E-state index in [1.54, 1.807) is 24.3 Å². The quantitative estimate of drug-likeness (QED) is 0.643. The molecule has 0 unspecified atom stereocenters. The van der Waals surface area contributed by atoms with Crippen LogP contribution in [0.1, 0.15) is 9.67 Å². The van der Waals surface area contributed by atoms with E-state index in [2.05, 4.69) is 15.3 Å². The number of nitrogen functional groups attached to an aromatic ring is 1. The predicted octanol–water partition coefficient (Wildman–Crippen LogP) is 2.97. The van der Waals surface area contributed by atoms with Crippen LogP contribution in [-0.2, 0) is 0 Å². The second-order valence-corrected chi connectivity index (χ2v) is 6.74. The van der Waals surface area contributed by atoms with E-state index < -0.39 is 0 Å². The number of anilines is 1. The van der Waals surface area contributed by atoms with Gasteiger partial charge >= 0.3 is 0 Å². The van der Waals surface area contributed by atoms with Gasteiger partial charge in [0.1, 0.15) is 4.83 Å². The second-order valence-electron chi connectivity index (χ2n) is 4.86. The van der Waals surface area contributed by atoms with Crippen LogP contribution in [0.4, 0.5) is 5.95 Å². The van der Waals surface area contributed by atoms with Gasteiger partial charge in [-0.3, -0.25) is 4.79 Å². The molecular weight excluding hydrogens is 371 g/mol. The Morgan fingerprint density at radius 3 is 2.79 bits per heavy atom. The van der Waals surface area contributed by atoms with Crippen LogP contribution in [0, 0.1) is 0 Å². The number of nitrogens with zero attached hydrogens (tertiary/aromatic N) is 2. The molecule has 1 aromatic carbocycles. The third kappa shape index (κ3) is 3.29. The smallest absolute Gasteiger partial charge is 0.261 e. The monoisotopic (exact) mass is 382 g/mol. The maximum Gasteiger partial charge on any atom is 0.261 e. The topological polar surface area (TPSA) is 101 Å². The van der Waals surface area contributed by atoms with Crippen molar-refractivity contribution in [3.63, 3.8) is 0 Å². The van der Waals surface area contributed by atoms with Crippen LogP contribution in [0.2, 0.25) is 10.0 Å². The number of carbonyl (C=O) groups is 1. The molecular formula is C15H12Cl2N4O2S. The Labute approximate surface area is 151 Å². The third-order valence-electron chi connectivity index (χ3n) is 3.22. The minimum Gasteiger partial charge on any atom is -0.395 e. The van der Waals surface area contributed by atoms with Gasteiger partial charge in [0.2, 0.25) is 5.95 Å². The summed E-state index contributed by atoms with van der Waals surface area (Å²) in [6.07, 6.45) is 0. The van der Waals surface area contributed by atoms with Gasteiger partial charge in [0.15, 0.2) is 0 Å². The minimum atomic E-state index is -0.293. The summed E-state index contributed by atoms with van der Waals surface area (Å²) < 4.78 is 0. The van der Waals surface area contributed by atoms with Crippen LogP contribution in [0.15, 0.2) is 24.3 Å². The molecule has 0 bridgehead atoms. The number of fused-ring (bicyclic) bond motifs is 1. The van der Waals surface area contributed by atoms with Crippen molar-refractivity contribution in [1.29, 1.82) is 0 Å². The van der Waals surface area contributed by atoms with Crippen LogP contribution in [-0.4, -0.2) is 34.1 Å². The summed E-state index contributed by atoms with van der Waals surface area (Å²) in [5, 5.41) is 13.0. The number of rotatable bonds is 4. The lowest BCUT2D eigenvalue weighted by Crippen LogP contribution is -2.25. The van der Waals surface area contributed by atoms with Gasteiger partial charge in [-0.25, -0.2) is 9.97 Å². The zero-order valence-corrected chi connectivity index (χ0v) is 14.5. The summed E-state index contributed by atoms with van der Waals surface area (Å²) in [4.78, 5) is 21.6. The van der Waals surface area contributed by atoms with E-state index in [4.69, 9.17) is 34.0 Å². The van der Waals surface area contributed by atoms with Crippen molar-refractivity contribution < 1.29 is 9.90 Å². The van der Waals surface area contributed by atoms with Gasteiger partial charge in [-0.1, -0.05) is 23.2 Å². The number of aromatic nitrogens is 2. The molecule has 1 amide bonds. The SMILES string of the molecule is Nc1nc(-c2ccc(Cl)cc2Cl)c2cc(C(=O)NCCO)sc2n1. The number of aliphatic hydroxyl groups is 1. The van der Waals surface area contributed by atoms with E-state index in [0.717, 1.165) is 0 Å². The Balaban J connectivity index is 2.14. The molecule has 0 radical (unpaired) electrons. The average Bonchev–Trinajstić information content (AvgIpc) is 2.96. The van der Waals surface area contributed by atoms with Crippen LogP contribution < -0.4 is 11.1 Å². The van der Waals surface area contributed by atoms with E-state index in [9.17, 15) is 4.79 Å². The van der Waals surface area contributed by atoms with Gasteiger partial charge in [0.25, 0.3) is 5.91 Å². The molecule has 0 aliphatic carbocycles. The first-order valence-corrected chi connectivity index (χ1v) is 8.48. The molecule has 2 aromatic heterocycles. The normalized spacial score (nSPS) is 11.0. The highest BCUT2D eigenvalue weighted by Gasteiger charge is 2.17. The average molecular weight is 383 g/mol. The van der Waals surface area contributed by atoms with Crippen LogP contribution >= 0.6 is 34.5 Å². The molecule has 0 aliphatic heterocycles. The van der Waals surface area contributed by atoms with Crippen molar-refractivity contribution in [3.8, 4) is 11.3 Å². The Morgan fingerprint density at radius 1 is 1.29 bits per heavy atom. The third-order valence-corrected chi connectivity index (χ3v) is 4.79. The highest BCUT2D eigenvalue weighted by molar-refractivity contribution is 7.20. The molecule has 24 heavy (non-hydrogen) atoms. The first kappa shape index (κ1) is 16.9. The Kier molecular flexibility index (Phi) is 4.86. The molecule has 0 atom stereocenters. The van der Waals surface area contributed by atoms with Crippen LogP contribution in [0.5, 0.6) is 0 Å². The van der Waals surface area contributed by atoms with Gasteiger partial charge in [-0.15, -0.1) is 11.3 Å². The number of benzene rings is 1. The molecule has 2 heterocycles. The Morgan fingerprint density at radius 2 is 2.08 bits per heavy atom. The molecule has 124 valence electrons. The van der Waals surface area contributed by atoms with Crippen molar-refractivity contribution in [2.75, 3.05) is 18.9 Å². The molecule has 0 saturated heterocycles. The number of nitrogens with one attached hydrogen (secondary N) is 1. The molecule has 6 nitrogen and oxygen atoms in total. The Hall–Kier alpha value is -1.93. The van der Waals surface area contributed by atoms with E-state index in [-0.39, 0.29) is 25.0 Å². The number of amides is 1. The second kappa shape index (κ2) is 6.90. The van der Waals surface area contributed by atoms with Gasteiger partial charge in [0.05, 0.1) is 22.2 Å². The van der Waals surface area contributed by atoms with Crippen LogP contribution in [0.25, 0.3) is 21.5 Å². The molecule has 9 heteroatoms. The van der Waals surface area contributed by atoms with Gasteiger partial charge in [-0.05, 0) is 24.3 Å². The fraction of sp³-hybridized carbons (Fsp3) is 0.133. The number of hydrogen-bond acceptors (Lipinski definition) is 6. The number of thiophene rings is 1. The number of halogens is 2. The molecule has 3 rings (SSSR count). The highest BCUT2D eigenvalue weighted by atomic mass is 35.5. The maximum absolute atomic E-state index is 12.1. The zero-order chi connectivity index (χ0) is 17.3. The molecule has 0 fully saturated rings. The summed E-state index contributed by atoms with van der Waals surface area (Å²) in [6, 6.07) is 6.75. The van der Waals surface area contributed by atoms with E-state index in [0.29, 0.717) is 36.4 Å². The molecule has 0 spiro atoms. The van der Waals surface area contributed by atoms with Crippen molar-refractivity contribution >= 4 is 56.6 Å². The lowest BCUT2D eigenvalue weighted by Gasteiger charge is -2.06.